The predicted octanol–water partition coefficient (Wildman–Crippen LogP) is 16.8. The Morgan fingerprint density at radius 2 is 0.905 bits per heavy atom. The van der Waals surface area contributed by atoms with Crippen LogP contribution in [0.25, 0.3) is 88.3 Å². The van der Waals surface area contributed by atoms with Crippen LogP contribution in [0.1, 0.15) is 74.9 Å². The van der Waals surface area contributed by atoms with Gasteiger partial charge in [0.25, 0.3) is 0 Å². The van der Waals surface area contributed by atoms with Gasteiger partial charge in [-0.2, -0.15) is 0 Å². The van der Waals surface area contributed by atoms with Crippen LogP contribution in [-0.2, 0) is 16.2 Å². The van der Waals surface area contributed by atoms with Crippen molar-refractivity contribution >= 4 is 32.7 Å². The lowest BCUT2D eigenvalue weighted by molar-refractivity contribution is 0.487. The van der Waals surface area contributed by atoms with Gasteiger partial charge in [-0.1, -0.05) is 169 Å². The lowest BCUT2D eigenvalue weighted by Crippen LogP contribution is -2.27. The minimum atomic E-state index is -0.459. The minimum absolute atomic E-state index is 0.000105. The molecule has 0 fully saturated rings. The number of hydrogen-bond donors (Lipinski definition) is 0. The summed E-state index contributed by atoms with van der Waals surface area (Å²) in [5, 5.41) is 4.58. The molecule has 0 N–H and O–H groups in total. The molecule has 1 aliphatic heterocycles. The summed E-state index contributed by atoms with van der Waals surface area (Å²) < 4.78 is 13.0. The van der Waals surface area contributed by atoms with Gasteiger partial charge >= 0.3 is 0 Å². The molecule has 13 rings (SSSR count). The highest BCUT2D eigenvalue weighted by atomic mass is 16.5. The van der Waals surface area contributed by atoms with Gasteiger partial charge in [0, 0.05) is 21.7 Å². The van der Waals surface area contributed by atoms with Crippen molar-refractivity contribution in [3.63, 3.8) is 0 Å². The third kappa shape index (κ3) is 5.01. The van der Waals surface area contributed by atoms with Crippen molar-refractivity contribution in [2.24, 2.45) is 0 Å². The molecule has 63 heavy (non-hydrogen) atoms. The largest absolute Gasteiger partial charge is 0.456 e. The molecule has 3 aliphatic rings. The van der Waals surface area contributed by atoms with Crippen LogP contribution >= 0.6 is 0 Å². The van der Waals surface area contributed by atoms with Gasteiger partial charge in [-0.05, 0) is 142 Å². The van der Waals surface area contributed by atoms with Crippen molar-refractivity contribution in [2.75, 3.05) is 0 Å². The fourth-order valence-corrected chi connectivity index (χ4v) is 11.3. The van der Waals surface area contributed by atoms with Crippen LogP contribution in [-0.4, -0.2) is 0 Å². The highest BCUT2D eigenvalue weighted by Crippen LogP contribution is 2.64. The van der Waals surface area contributed by atoms with Crippen molar-refractivity contribution in [3.05, 3.63) is 203 Å². The standard InChI is InChI=1S/C61H46O2/c1-59(2,3)38-21-24-43-44-25-22-39(60(4,5)6)34-53(44)61(52(43)33-38)50-16-9-7-12-41(50)42-23-18-36(32-51(42)61)35-19-27-56-49(30-35)47-15-11-14-46-40(26-29-57(63-56)58(46)47)37-20-28-55-48(31-37)45-13-8-10-17-54(45)62-55/h7-34H,1-6H3. The zero-order valence-electron chi connectivity index (χ0n) is 36.5. The maximum Gasteiger partial charge on any atom is 0.135 e. The molecule has 0 unspecified atom stereocenters. The SMILES string of the molecule is CC(C)(C)c1ccc2c(c1)C1(c3ccccc3-c3ccc(-c4ccc5c(c4)-c4cccc6c(-c7ccc8oc9ccccc9c8c7)ccc(c46)O5)cc31)c1cc(C(C)(C)C)ccc1-2. The molecule has 0 bridgehead atoms. The first-order chi connectivity index (χ1) is 30.5. The maximum absolute atomic E-state index is 6.78. The van der Waals surface area contributed by atoms with Crippen molar-refractivity contribution < 1.29 is 9.15 Å². The number of hydrogen-bond acceptors (Lipinski definition) is 2. The summed E-state index contributed by atoms with van der Waals surface area (Å²) in [6, 6.07) is 63.6. The van der Waals surface area contributed by atoms with Gasteiger partial charge in [-0.15, -0.1) is 0 Å². The van der Waals surface area contributed by atoms with E-state index in [0.717, 1.165) is 50.0 Å². The van der Waals surface area contributed by atoms with Crippen molar-refractivity contribution in [1.82, 2.24) is 0 Å². The molecule has 2 aliphatic carbocycles. The Morgan fingerprint density at radius 1 is 0.349 bits per heavy atom. The second-order valence-corrected chi connectivity index (χ2v) is 20.0. The van der Waals surface area contributed by atoms with Crippen LogP contribution in [0, 0.1) is 0 Å². The van der Waals surface area contributed by atoms with Gasteiger partial charge in [-0.25, -0.2) is 0 Å². The normalized spacial score (nSPS) is 14.1. The molecular weight excluding hydrogens is 765 g/mol. The molecule has 2 heteroatoms. The number of benzene rings is 9. The Bertz CT molecular complexity index is 3560. The van der Waals surface area contributed by atoms with E-state index < -0.39 is 5.41 Å². The molecule has 10 aromatic rings. The third-order valence-corrected chi connectivity index (χ3v) is 14.4. The first-order valence-corrected chi connectivity index (χ1v) is 22.3. The zero-order valence-corrected chi connectivity index (χ0v) is 36.5. The Morgan fingerprint density at radius 3 is 1.67 bits per heavy atom. The van der Waals surface area contributed by atoms with E-state index in [-0.39, 0.29) is 10.8 Å². The summed E-state index contributed by atoms with van der Waals surface area (Å²) in [5.41, 5.74) is 21.9. The number of para-hydroxylation sites is 1. The second-order valence-electron chi connectivity index (χ2n) is 20.0. The average Bonchev–Trinajstić information content (AvgIpc) is 3.91. The number of fused-ring (bicyclic) bond motifs is 15. The fourth-order valence-electron chi connectivity index (χ4n) is 11.3. The zero-order chi connectivity index (χ0) is 42.6. The summed E-state index contributed by atoms with van der Waals surface area (Å²) in [5.74, 6) is 1.77. The third-order valence-electron chi connectivity index (χ3n) is 14.4. The molecule has 2 heterocycles. The van der Waals surface area contributed by atoms with Crippen LogP contribution in [0.3, 0.4) is 0 Å². The first-order valence-electron chi connectivity index (χ1n) is 22.3. The Kier molecular flexibility index (Phi) is 7.23. The van der Waals surface area contributed by atoms with E-state index in [1.165, 1.54) is 83.3 Å². The van der Waals surface area contributed by atoms with Gasteiger partial charge < -0.3 is 9.15 Å². The molecule has 2 nitrogen and oxygen atoms in total. The summed E-state index contributed by atoms with van der Waals surface area (Å²) in [6.07, 6.45) is 0. The van der Waals surface area contributed by atoms with Gasteiger partial charge in [0.05, 0.1) is 5.41 Å². The minimum Gasteiger partial charge on any atom is -0.456 e. The monoisotopic (exact) mass is 810 g/mol. The number of rotatable bonds is 2. The second kappa shape index (κ2) is 12.5. The summed E-state index contributed by atoms with van der Waals surface area (Å²) in [7, 11) is 0. The molecule has 0 saturated carbocycles. The van der Waals surface area contributed by atoms with Crippen LogP contribution in [0.2, 0.25) is 0 Å². The summed E-state index contributed by atoms with van der Waals surface area (Å²) >= 11 is 0. The van der Waals surface area contributed by atoms with Crippen LogP contribution < -0.4 is 4.74 Å². The van der Waals surface area contributed by atoms with Gasteiger partial charge in [0.1, 0.15) is 22.7 Å². The lowest BCUT2D eigenvalue weighted by atomic mass is 9.68. The lowest BCUT2D eigenvalue weighted by Gasteiger charge is -2.33. The fraction of sp³-hybridized carbons (Fsp3) is 0.148. The van der Waals surface area contributed by atoms with E-state index in [1.54, 1.807) is 0 Å². The molecule has 1 aromatic heterocycles. The predicted molar refractivity (Wildman–Crippen MR) is 261 cm³/mol. The Hall–Kier alpha value is -7.16. The first kappa shape index (κ1) is 36.5. The highest BCUT2D eigenvalue weighted by molar-refractivity contribution is 6.12. The van der Waals surface area contributed by atoms with E-state index >= 15 is 0 Å². The molecule has 9 aromatic carbocycles. The molecule has 302 valence electrons. The van der Waals surface area contributed by atoms with Crippen molar-refractivity contribution in [3.8, 4) is 67.1 Å². The summed E-state index contributed by atoms with van der Waals surface area (Å²) in [6.45, 7) is 14.0. The van der Waals surface area contributed by atoms with Crippen LogP contribution in [0.15, 0.2) is 174 Å². The summed E-state index contributed by atoms with van der Waals surface area (Å²) in [4.78, 5) is 0. The van der Waals surface area contributed by atoms with Gasteiger partial charge in [0.15, 0.2) is 0 Å². The quantitative estimate of drug-likeness (QED) is 0.174. The Balaban J connectivity index is 0.995. The number of ether oxygens (including phenoxy) is 1. The highest BCUT2D eigenvalue weighted by Gasteiger charge is 2.52. The van der Waals surface area contributed by atoms with Crippen molar-refractivity contribution in [2.45, 2.75) is 57.8 Å². The average molecular weight is 811 g/mol. The Labute approximate surface area is 368 Å². The van der Waals surface area contributed by atoms with Crippen LogP contribution in [0.4, 0.5) is 0 Å². The van der Waals surface area contributed by atoms with E-state index in [0.29, 0.717) is 0 Å². The van der Waals surface area contributed by atoms with Crippen molar-refractivity contribution in [1.29, 1.82) is 0 Å². The molecule has 0 atom stereocenters. The molecule has 0 radical (unpaired) electrons. The van der Waals surface area contributed by atoms with Gasteiger partial charge in [0.2, 0.25) is 0 Å². The molecule has 1 spiro atoms. The molecule has 0 saturated heterocycles. The number of furan rings is 1. The van der Waals surface area contributed by atoms with E-state index in [4.69, 9.17) is 9.15 Å². The van der Waals surface area contributed by atoms with E-state index in [9.17, 15) is 0 Å². The van der Waals surface area contributed by atoms with Crippen LogP contribution in [0.5, 0.6) is 11.5 Å². The topological polar surface area (TPSA) is 22.4 Å². The molecular formula is C61H46O2. The molecule has 0 amide bonds. The van der Waals surface area contributed by atoms with Gasteiger partial charge in [-0.3, -0.25) is 0 Å². The smallest absolute Gasteiger partial charge is 0.135 e. The van der Waals surface area contributed by atoms with E-state index in [2.05, 4.69) is 199 Å². The van der Waals surface area contributed by atoms with E-state index in [1.807, 2.05) is 12.1 Å². The maximum atomic E-state index is 6.78.